The zero-order chi connectivity index (χ0) is 17.4. The van der Waals surface area contributed by atoms with Gasteiger partial charge in [0.1, 0.15) is 5.75 Å². The highest BCUT2D eigenvalue weighted by Crippen LogP contribution is 2.56. The molecule has 2 fully saturated rings. The van der Waals surface area contributed by atoms with Gasteiger partial charge < -0.3 is 9.84 Å². The number of hydrogen-bond donors (Lipinski definition) is 1. The second-order valence-electron chi connectivity index (χ2n) is 8.35. The van der Waals surface area contributed by atoms with Crippen molar-refractivity contribution in [3.8, 4) is 5.75 Å². The summed E-state index contributed by atoms with van der Waals surface area (Å²) in [6.45, 7) is 5.11. The minimum atomic E-state index is 0. The molecule has 0 aromatic heterocycles. The van der Waals surface area contributed by atoms with Crippen molar-refractivity contribution in [1.29, 1.82) is 0 Å². The number of methoxy groups -OCH3 is 1. The molecular weight excluding hydrogens is 346 g/mol. The minimum Gasteiger partial charge on any atom is -0.508 e. The fourth-order valence-corrected chi connectivity index (χ4v) is 5.86. The second kappa shape index (κ2) is 7.92. The summed E-state index contributed by atoms with van der Waals surface area (Å²) >= 11 is 0. The Labute approximate surface area is 163 Å². The number of rotatable bonds is 4. The van der Waals surface area contributed by atoms with E-state index in [1.807, 2.05) is 6.07 Å². The van der Waals surface area contributed by atoms with Crippen LogP contribution < -0.4 is 0 Å². The van der Waals surface area contributed by atoms with Gasteiger partial charge in [-0.1, -0.05) is 30.6 Å². The van der Waals surface area contributed by atoms with Crippen LogP contribution in [0, 0.1) is 5.92 Å². The van der Waals surface area contributed by atoms with Crippen molar-refractivity contribution in [3.63, 3.8) is 0 Å². The maximum absolute atomic E-state index is 10.1. The van der Waals surface area contributed by atoms with Crippen molar-refractivity contribution in [3.05, 3.63) is 41.0 Å². The Kier molecular flexibility index (Phi) is 6.01. The Bertz CT molecular complexity index is 674. The van der Waals surface area contributed by atoms with E-state index in [1.54, 1.807) is 7.11 Å². The molecule has 0 amide bonds. The maximum atomic E-state index is 10.1. The Morgan fingerprint density at radius 2 is 2.19 bits per heavy atom. The van der Waals surface area contributed by atoms with Crippen LogP contribution in [0.3, 0.4) is 0 Å². The summed E-state index contributed by atoms with van der Waals surface area (Å²) in [7, 11) is 1.77. The monoisotopic (exact) mass is 377 g/mol. The van der Waals surface area contributed by atoms with Crippen LogP contribution in [-0.4, -0.2) is 42.9 Å². The fourth-order valence-electron chi connectivity index (χ4n) is 5.86. The molecule has 2 aliphatic carbocycles. The topological polar surface area (TPSA) is 32.7 Å². The van der Waals surface area contributed by atoms with Gasteiger partial charge >= 0.3 is 0 Å². The molecular formula is C22H32ClNO2. The molecule has 3 atom stereocenters. The number of halogens is 1. The lowest BCUT2D eigenvalue weighted by Gasteiger charge is -2.59. The Balaban J connectivity index is 0.00000196. The summed E-state index contributed by atoms with van der Waals surface area (Å²) in [5, 5.41) is 10.1. The molecule has 1 aromatic rings. The number of ether oxygens (including phenoxy) is 1. The predicted molar refractivity (Wildman–Crippen MR) is 108 cm³/mol. The molecule has 0 radical (unpaired) electrons. The average molecular weight is 378 g/mol. The smallest absolute Gasteiger partial charge is 0.115 e. The molecule has 26 heavy (non-hydrogen) atoms. The van der Waals surface area contributed by atoms with Crippen molar-refractivity contribution < 1.29 is 9.84 Å². The van der Waals surface area contributed by atoms with Crippen molar-refractivity contribution in [2.24, 2.45) is 5.92 Å². The highest BCUT2D eigenvalue weighted by Gasteiger charge is 2.53. The first-order valence-electron chi connectivity index (χ1n) is 9.85. The number of nitrogens with zero attached hydrogens (tertiary/aromatic N) is 1. The number of fused-ring (bicyclic) bond motifs is 1. The van der Waals surface area contributed by atoms with Gasteiger partial charge in [0.25, 0.3) is 0 Å². The van der Waals surface area contributed by atoms with Crippen molar-refractivity contribution in [2.75, 3.05) is 26.8 Å². The van der Waals surface area contributed by atoms with Gasteiger partial charge in [0.2, 0.25) is 0 Å². The highest BCUT2D eigenvalue weighted by molar-refractivity contribution is 5.85. The molecule has 1 heterocycles. The molecule has 4 heteroatoms. The zero-order valence-corrected chi connectivity index (χ0v) is 16.9. The van der Waals surface area contributed by atoms with Crippen LogP contribution in [0.4, 0.5) is 0 Å². The van der Waals surface area contributed by atoms with Gasteiger partial charge in [-0.15, -0.1) is 12.4 Å². The van der Waals surface area contributed by atoms with Crippen molar-refractivity contribution in [2.45, 2.75) is 56.9 Å². The first-order valence-corrected chi connectivity index (χ1v) is 9.85. The SMILES string of the molecule is COC/C(C)=C\CN1CC[C@]23CCCC[C@H]2[C@H]1Cc1ccc(O)cc13.Cl. The number of likely N-dealkylation sites (tertiary alicyclic amines) is 1. The van der Waals surface area contributed by atoms with Crippen molar-refractivity contribution in [1.82, 2.24) is 4.90 Å². The van der Waals surface area contributed by atoms with Crippen LogP contribution in [0.25, 0.3) is 0 Å². The van der Waals surface area contributed by atoms with Crippen molar-refractivity contribution >= 4 is 12.4 Å². The molecule has 0 spiro atoms. The normalized spacial score (nSPS) is 30.9. The molecule has 3 nitrogen and oxygen atoms in total. The van der Waals surface area contributed by atoms with Crippen LogP contribution in [0.15, 0.2) is 29.8 Å². The maximum Gasteiger partial charge on any atom is 0.115 e. The number of benzene rings is 1. The first-order chi connectivity index (χ1) is 12.1. The summed E-state index contributed by atoms with van der Waals surface area (Å²) in [5.41, 5.74) is 4.59. The third kappa shape index (κ3) is 3.30. The second-order valence-corrected chi connectivity index (χ2v) is 8.35. The van der Waals surface area contributed by atoms with E-state index in [1.165, 1.54) is 55.3 Å². The Hall–Kier alpha value is -1.03. The molecule has 2 bridgehead atoms. The lowest BCUT2D eigenvalue weighted by molar-refractivity contribution is -0.00535. The third-order valence-electron chi connectivity index (χ3n) is 6.98. The summed E-state index contributed by atoms with van der Waals surface area (Å²) in [6.07, 6.45) is 10.1. The van der Waals surface area contributed by atoms with E-state index < -0.39 is 0 Å². The van der Waals surface area contributed by atoms with Crippen LogP contribution in [0.2, 0.25) is 0 Å². The third-order valence-corrected chi connectivity index (χ3v) is 6.98. The molecule has 1 saturated heterocycles. The predicted octanol–water partition coefficient (Wildman–Crippen LogP) is 4.47. The van der Waals surface area contributed by atoms with Gasteiger partial charge in [-0.05, 0) is 68.3 Å². The number of piperidine rings is 1. The summed E-state index contributed by atoms with van der Waals surface area (Å²) < 4.78 is 5.26. The molecule has 144 valence electrons. The van der Waals surface area contributed by atoms with E-state index in [0.29, 0.717) is 17.2 Å². The van der Waals surface area contributed by atoms with Gasteiger partial charge in [-0.2, -0.15) is 0 Å². The Morgan fingerprint density at radius 1 is 1.35 bits per heavy atom. The zero-order valence-electron chi connectivity index (χ0n) is 16.0. The van der Waals surface area contributed by atoms with Crippen LogP contribution >= 0.6 is 12.4 Å². The van der Waals surface area contributed by atoms with Crippen LogP contribution in [-0.2, 0) is 16.6 Å². The quantitative estimate of drug-likeness (QED) is 0.786. The molecule has 1 N–H and O–H groups in total. The van der Waals surface area contributed by atoms with E-state index in [-0.39, 0.29) is 12.4 Å². The molecule has 1 saturated carbocycles. The summed E-state index contributed by atoms with van der Waals surface area (Å²) in [5.74, 6) is 1.19. The molecule has 1 aromatic carbocycles. The van der Waals surface area contributed by atoms with Gasteiger partial charge in [-0.3, -0.25) is 4.90 Å². The molecule has 1 aliphatic heterocycles. The van der Waals surface area contributed by atoms with E-state index >= 15 is 0 Å². The lowest BCUT2D eigenvalue weighted by atomic mass is 9.52. The van der Waals surface area contributed by atoms with Gasteiger partial charge in [0.15, 0.2) is 0 Å². The minimum absolute atomic E-state index is 0. The molecule has 0 unspecified atom stereocenters. The number of phenols is 1. The summed E-state index contributed by atoms with van der Waals surface area (Å²) in [6, 6.07) is 6.79. The van der Waals surface area contributed by atoms with Gasteiger partial charge in [0.05, 0.1) is 6.61 Å². The summed E-state index contributed by atoms with van der Waals surface area (Å²) in [4.78, 5) is 2.71. The fraction of sp³-hybridized carbons (Fsp3) is 0.636. The lowest BCUT2D eigenvalue weighted by Crippen LogP contribution is -2.60. The largest absolute Gasteiger partial charge is 0.508 e. The van der Waals surface area contributed by atoms with E-state index in [2.05, 4.69) is 30.0 Å². The molecule has 3 aliphatic rings. The van der Waals surface area contributed by atoms with Gasteiger partial charge in [0, 0.05) is 25.1 Å². The number of aromatic hydroxyl groups is 1. The number of hydrogen-bond acceptors (Lipinski definition) is 3. The van der Waals surface area contributed by atoms with Crippen LogP contribution in [0.1, 0.15) is 50.2 Å². The first kappa shape index (κ1) is 19.7. The van der Waals surface area contributed by atoms with Gasteiger partial charge in [-0.25, -0.2) is 0 Å². The highest BCUT2D eigenvalue weighted by atomic mass is 35.5. The number of phenolic OH excluding ortho intramolecular Hbond substituents is 1. The van der Waals surface area contributed by atoms with E-state index in [0.717, 1.165) is 25.5 Å². The van der Waals surface area contributed by atoms with E-state index in [9.17, 15) is 5.11 Å². The standard InChI is InChI=1S/C22H31NO2.ClH/c1-16(15-25-2)8-11-23-12-10-22-9-4-3-5-19(22)21(23)13-17-6-7-18(24)14-20(17)22;/h6-8,14,19,21,24H,3-5,9-13,15H2,1-2H3;1H/b16-8-;/t19-,21+,22+;/m0./s1. The Morgan fingerprint density at radius 3 is 3.00 bits per heavy atom. The van der Waals surface area contributed by atoms with Crippen LogP contribution in [0.5, 0.6) is 5.75 Å². The average Bonchev–Trinajstić information content (AvgIpc) is 2.62. The van der Waals surface area contributed by atoms with E-state index in [4.69, 9.17) is 4.74 Å². The molecule has 4 rings (SSSR count).